The van der Waals surface area contributed by atoms with Gasteiger partial charge in [-0.05, 0) is 56.4 Å². The third-order valence-electron chi connectivity index (χ3n) is 6.74. The molecule has 2 heterocycles. The number of hydrogen-bond acceptors (Lipinski definition) is 8. The van der Waals surface area contributed by atoms with E-state index in [0.717, 1.165) is 63.6 Å². The van der Waals surface area contributed by atoms with Gasteiger partial charge in [-0.2, -0.15) is 4.98 Å². The predicted octanol–water partition coefficient (Wildman–Crippen LogP) is 3.48. The molecule has 1 aromatic heterocycles. The number of carbonyl (C=O) groups excluding carboxylic acids is 1. The Morgan fingerprint density at radius 1 is 1.15 bits per heavy atom. The zero-order chi connectivity index (χ0) is 23.9. The number of benzene rings is 1. The summed E-state index contributed by atoms with van der Waals surface area (Å²) >= 11 is 0. The van der Waals surface area contributed by atoms with E-state index in [2.05, 4.69) is 20.6 Å². The van der Waals surface area contributed by atoms with Crippen LogP contribution in [-0.2, 0) is 4.79 Å². The van der Waals surface area contributed by atoms with Gasteiger partial charge in [0.1, 0.15) is 12.2 Å². The van der Waals surface area contributed by atoms with Crippen LogP contribution in [0.3, 0.4) is 0 Å². The number of aromatic nitrogens is 2. The maximum absolute atomic E-state index is 13.4. The number of nitrogens with zero attached hydrogens (tertiary/aromatic N) is 4. The minimum atomic E-state index is -0.673. The van der Waals surface area contributed by atoms with E-state index in [1.54, 1.807) is 0 Å². The van der Waals surface area contributed by atoms with E-state index in [0.29, 0.717) is 12.5 Å². The van der Waals surface area contributed by atoms with Gasteiger partial charge in [0.25, 0.3) is 0 Å². The molecule has 10 nitrogen and oxygen atoms in total. The lowest BCUT2D eigenvalue weighted by Gasteiger charge is -2.31. The van der Waals surface area contributed by atoms with Crippen molar-refractivity contribution in [2.75, 3.05) is 30.3 Å². The van der Waals surface area contributed by atoms with Crippen LogP contribution in [0.2, 0.25) is 0 Å². The first-order valence-electron chi connectivity index (χ1n) is 12.1. The van der Waals surface area contributed by atoms with E-state index in [4.69, 9.17) is 5.73 Å². The Hall–Kier alpha value is -3.27. The normalized spacial score (nSPS) is 21.5. The van der Waals surface area contributed by atoms with Crippen LogP contribution in [0, 0.1) is 16.0 Å². The summed E-state index contributed by atoms with van der Waals surface area (Å²) in [4.78, 5) is 34.9. The number of nitrogens with two attached hydrogens (primary N) is 1. The van der Waals surface area contributed by atoms with Crippen molar-refractivity contribution in [3.05, 3.63) is 52.2 Å². The molecule has 1 saturated heterocycles. The molecule has 10 heteroatoms. The highest BCUT2D eigenvalue weighted by Crippen LogP contribution is 2.28. The molecule has 0 bridgehead atoms. The maximum Gasteiger partial charge on any atom is 0.329 e. The number of piperidine rings is 1. The van der Waals surface area contributed by atoms with Gasteiger partial charge < -0.3 is 21.3 Å². The summed E-state index contributed by atoms with van der Waals surface area (Å²) in [5.41, 5.74) is 6.61. The summed E-state index contributed by atoms with van der Waals surface area (Å²) in [6.07, 6.45) is 8.19. The number of rotatable bonds is 8. The van der Waals surface area contributed by atoms with Gasteiger partial charge in [-0.15, -0.1) is 0 Å². The number of hydrogen-bond donors (Lipinski definition) is 3. The van der Waals surface area contributed by atoms with Crippen LogP contribution in [0.25, 0.3) is 0 Å². The molecule has 0 unspecified atom stereocenters. The van der Waals surface area contributed by atoms with E-state index in [-0.39, 0.29) is 29.4 Å². The summed E-state index contributed by atoms with van der Waals surface area (Å²) < 4.78 is 0. The van der Waals surface area contributed by atoms with E-state index in [1.807, 2.05) is 35.2 Å². The molecule has 1 aromatic carbocycles. The molecule has 2 aliphatic rings. The average molecular weight is 468 g/mol. The van der Waals surface area contributed by atoms with Gasteiger partial charge in [0.2, 0.25) is 17.7 Å². The molecule has 1 atom stereocenters. The van der Waals surface area contributed by atoms with Crippen LogP contribution in [0.5, 0.6) is 0 Å². The lowest BCUT2D eigenvalue weighted by atomic mass is 9.86. The average Bonchev–Trinajstić information content (AvgIpc) is 2.87. The van der Waals surface area contributed by atoms with Crippen molar-refractivity contribution >= 4 is 23.4 Å². The van der Waals surface area contributed by atoms with Crippen molar-refractivity contribution in [1.82, 2.24) is 14.9 Å². The number of nitrogens with one attached hydrogen (secondary N) is 2. The molecular weight excluding hydrogens is 434 g/mol. The second-order valence-corrected chi connectivity index (χ2v) is 9.22. The Balaban J connectivity index is 1.54. The van der Waals surface area contributed by atoms with Crippen LogP contribution in [0.1, 0.15) is 56.6 Å². The number of amides is 1. The largest absolute Gasteiger partial charge is 0.364 e. The van der Waals surface area contributed by atoms with Crippen molar-refractivity contribution in [2.24, 2.45) is 11.7 Å². The number of nitro groups is 1. The molecule has 1 saturated carbocycles. The third-order valence-corrected chi connectivity index (χ3v) is 6.74. The summed E-state index contributed by atoms with van der Waals surface area (Å²) in [6, 6.07) is 9.01. The highest BCUT2D eigenvalue weighted by molar-refractivity contribution is 5.86. The lowest BCUT2D eigenvalue weighted by molar-refractivity contribution is -0.384. The van der Waals surface area contributed by atoms with Gasteiger partial charge in [0.05, 0.1) is 4.92 Å². The van der Waals surface area contributed by atoms with E-state index >= 15 is 0 Å². The molecular formula is C24H33N7O3. The first kappa shape index (κ1) is 23.9. The fraction of sp³-hybridized carbons (Fsp3) is 0.542. The van der Waals surface area contributed by atoms with Crippen LogP contribution in [0.15, 0.2) is 36.5 Å². The van der Waals surface area contributed by atoms with Crippen molar-refractivity contribution < 1.29 is 9.72 Å². The molecule has 0 spiro atoms. The number of carbonyl (C=O) groups is 1. The SMILES string of the molecule is NC1CCC(CNc2nc(N[C@H](C(=O)N3CCCCC3)c3ccccc3)ncc2[N+](=O)[O-])CC1. The second-order valence-electron chi connectivity index (χ2n) is 9.22. The van der Waals surface area contributed by atoms with Gasteiger partial charge in [0, 0.05) is 25.7 Å². The van der Waals surface area contributed by atoms with Crippen molar-refractivity contribution in [3.63, 3.8) is 0 Å². The smallest absolute Gasteiger partial charge is 0.329 e. The zero-order valence-corrected chi connectivity index (χ0v) is 19.4. The Bertz CT molecular complexity index is 974. The molecule has 34 heavy (non-hydrogen) atoms. The quantitative estimate of drug-likeness (QED) is 0.396. The predicted molar refractivity (Wildman–Crippen MR) is 130 cm³/mol. The fourth-order valence-corrected chi connectivity index (χ4v) is 4.70. The van der Waals surface area contributed by atoms with Crippen LogP contribution in [0.4, 0.5) is 17.5 Å². The molecule has 182 valence electrons. The van der Waals surface area contributed by atoms with Crippen LogP contribution in [-0.4, -0.2) is 51.4 Å². The van der Waals surface area contributed by atoms with Crippen molar-refractivity contribution in [3.8, 4) is 0 Å². The summed E-state index contributed by atoms with van der Waals surface area (Å²) in [5.74, 6) is 0.692. The minimum Gasteiger partial charge on any atom is -0.364 e. The molecule has 1 aliphatic carbocycles. The highest BCUT2D eigenvalue weighted by atomic mass is 16.6. The van der Waals surface area contributed by atoms with Crippen molar-refractivity contribution in [1.29, 1.82) is 0 Å². The summed E-state index contributed by atoms with van der Waals surface area (Å²) in [7, 11) is 0. The van der Waals surface area contributed by atoms with Gasteiger partial charge in [-0.3, -0.25) is 14.9 Å². The third kappa shape index (κ3) is 5.99. The standard InChI is InChI=1S/C24H33N7O3/c25-19-11-9-17(10-12-19)15-26-22-20(31(33)34)16-27-24(29-22)28-21(18-7-3-1-4-8-18)23(32)30-13-5-2-6-14-30/h1,3-4,7-8,16-17,19,21H,2,5-6,9-15,25H2,(H2,26,27,28,29)/t17?,19?,21-/m0/s1. The summed E-state index contributed by atoms with van der Waals surface area (Å²) in [5, 5.41) is 17.9. The Kier molecular flexibility index (Phi) is 7.89. The highest BCUT2D eigenvalue weighted by Gasteiger charge is 2.29. The van der Waals surface area contributed by atoms with Gasteiger partial charge >= 0.3 is 5.69 Å². The maximum atomic E-state index is 13.4. The summed E-state index contributed by atoms with van der Waals surface area (Å²) in [6.45, 7) is 2.03. The van der Waals surface area contributed by atoms with Gasteiger partial charge in [-0.1, -0.05) is 30.3 Å². The Morgan fingerprint density at radius 2 is 1.85 bits per heavy atom. The number of anilines is 2. The first-order chi connectivity index (χ1) is 16.5. The Labute approximate surface area is 199 Å². The molecule has 2 aromatic rings. The topological polar surface area (TPSA) is 139 Å². The molecule has 4 rings (SSSR count). The molecule has 1 aliphatic heterocycles. The molecule has 2 fully saturated rings. The first-order valence-corrected chi connectivity index (χ1v) is 12.1. The fourth-order valence-electron chi connectivity index (χ4n) is 4.70. The van der Waals surface area contributed by atoms with Crippen LogP contribution >= 0.6 is 0 Å². The minimum absolute atomic E-state index is 0.0408. The monoisotopic (exact) mass is 467 g/mol. The van der Waals surface area contributed by atoms with Gasteiger partial charge in [-0.25, -0.2) is 4.98 Å². The zero-order valence-electron chi connectivity index (χ0n) is 19.4. The lowest BCUT2D eigenvalue weighted by Crippen LogP contribution is -2.41. The molecule has 0 radical (unpaired) electrons. The van der Waals surface area contributed by atoms with Crippen molar-refractivity contribution in [2.45, 2.75) is 57.0 Å². The molecule has 1 amide bonds. The number of likely N-dealkylation sites (tertiary alicyclic amines) is 1. The Morgan fingerprint density at radius 3 is 2.53 bits per heavy atom. The van der Waals surface area contributed by atoms with Crippen LogP contribution < -0.4 is 16.4 Å². The van der Waals surface area contributed by atoms with E-state index < -0.39 is 11.0 Å². The van der Waals surface area contributed by atoms with Gasteiger partial charge in [0.15, 0.2) is 0 Å². The van der Waals surface area contributed by atoms with E-state index in [9.17, 15) is 14.9 Å². The molecule has 4 N–H and O–H groups in total. The van der Waals surface area contributed by atoms with E-state index in [1.165, 1.54) is 6.20 Å². The second kappa shape index (κ2) is 11.2.